The fourth-order valence-electron chi connectivity index (χ4n) is 3.18. The van der Waals surface area contributed by atoms with Gasteiger partial charge in [-0.3, -0.25) is 14.2 Å². The van der Waals surface area contributed by atoms with Gasteiger partial charge in [-0.05, 0) is 67.8 Å². The summed E-state index contributed by atoms with van der Waals surface area (Å²) in [6.07, 6.45) is 2.28. The third kappa shape index (κ3) is 4.20. The monoisotopic (exact) mass is 428 g/mol. The van der Waals surface area contributed by atoms with Crippen LogP contribution in [0.25, 0.3) is 0 Å². The van der Waals surface area contributed by atoms with Crippen LogP contribution in [0.5, 0.6) is 0 Å². The number of nitrogens with zero attached hydrogens (tertiary/aromatic N) is 2. The van der Waals surface area contributed by atoms with Crippen molar-refractivity contribution in [3.8, 4) is 0 Å². The van der Waals surface area contributed by atoms with Gasteiger partial charge in [-0.1, -0.05) is 0 Å². The lowest BCUT2D eigenvalue weighted by molar-refractivity contribution is 0.102. The number of nitrogens with one attached hydrogen (secondary N) is 2. The van der Waals surface area contributed by atoms with Crippen LogP contribution in [0.2, 0.25) is 0 Å². The van der Waals surface area contributed by atoms with Crippen LogP contribution in [0.1, 0.15) is 40.4 Å². The van der Waals surface area contributed by atoms with Gasteiger partial charge in [0.15, 0.2) is 5.82 Å². The highest BCUT2D eigenvalue weighted by Crippen LogP contribution is 2.40. The summed E-state index contributed by atoms with van der Waals surface area (Å²) in [5.74, 6) is 0.201. The molecule has 1 amide bonds. The van der Waals surface area contributed by atoms with Crippen molar-refractivity contribution in [3.63, 3.8) is 0 Å². The number of amides is 1. The second-order valence-electron chi connectivity index (χ2n) is 7.40. The summed E-state index contributed by atoms with van der Waals surface area (Å²) in [6.45, 7) is 1.50. The Bertz CT molecular complexity index is 1220. The van der Waals surface area contributed by atoms with E-state index in [0.29, 0.717) is 23.0 Å². The van der Waals surface area contributed by atoms with Gasteiger partial charge in [0.05, 0.1) is 4.90 Å². The molecular weight excluding hydrogens is 407 g/mol. The zero-order valence-electron chi connectivity index (χ0n) is 16.5. The fraction of sp³-hybridized carbons (Fsp3) is 0.238. The molecule has 2 N–H and O–H groups in total. The topological polar surface area (TPSA) is 93.1 Å². The fourth-order valence-corrected chi connectivity index (χ4v) is 4.32. The highest BCUT2D eigenvalue weighted by Gasteiger charge is 2.27. The van der Waals surface area contributed by atoms with Gasteiger partial charge in [0.1, 0.15) is 5.82 Å². The van der Waals surface area contributed by atoms with E-state index in [2.05, 4.69) is 15.1 Å². The maximum absolute atomic E-state index is 13.4. The molecule has 0 saturated heterocycles. The van der Waals surface area contributed by atoms with Crippen LogP contribution < -0.4 is 10.0 Å². The summed E-state index contributed by atoms with van der Waals surface area (Å²) in [6, 6.07) is 11.5. The number of anilines is 2. The van der Waals surface area contributed by atoms with E-state index >= 15 is 0 Å². The van der Waals surface area contributed by atoms with E-state index in [-0.39, 0.29) is 16.4 Å². The molecule has 0 radical (unpaired) electrons. The minimum Gasteiger partial charge on any atom is -0.305 e. The van der Waals surface area contributed by atoms with E-state index in [1.54, 1.807) is 4.68 Å². The first kappa shape index (κ1) is 20.1. The van der Waals surface area contributed by atoms with Gasteiger partial charge in [-0.25, -0.2) is 12.8 Å². The third-order valence-corrected chi connectivity index (χ3v) is 6.37. The number of rotatable bonds is 6. The first-order valence-electron chi connectivity index (χ1n) is 9.47. The number of hydrogen-bond acceptors (Lipinski definition) is 4. The van der Waals surface area contributed by atoms with Crippen molar-refractivity contribution < 1.29 is 17.6 Å². The van der Waals surface area contributed by atoms with Crippen molar-refractivity contribution in [3.05, 3.63) is 71.2 Å². The first-order valence-corrected chi connectivity index (χ1v) is 11.0. The molecule has 0 atom stereocenters. The zero-order valence-corrected chi connectivity index (χ0v) is 17.3. The molecule has 156 valence electrons. The van der Waals surface area contributed by atoms with Gasteiger partial charge in [0.25, 0.3) is 15.9 Å². The van der Waals surface area contributed by atoms with Crippen LogP contribution >= 0.6 is 0 Å². The van der Waals surface area contributed by atoms with Crippen molar-refractivity contribution in [2.75, 3.05) is 10.0 Å². The molecule has 7 nitrogen and oxygen atoms in total. The first-order chi connectivity index (χ1) is 14.2. The molecular formula is C21H21FN4O3S. The SMILES string of the molecule is Cc1cc(S(=O)(=O)Nc2ccc(C(=O)Nc3cc(C4CC4)n(C)n3)cc2)ccc1F. The smallest absolute Gasteiger partial charge is 0.261 e. The average Bonchev–Trinajstić information content (AvgIpc) is 3.47. The quantitative estimate of drug-likeness (QED) is 0.625. The number of carbonyl (C=O) groups excluding carboxylic acids is 1. The summed E-state index contributed by atoms with van der Waals surface area (Å²) < 4.78 is 42.6. The van der Waals surface area contributed by atoms with E-state index in [0.717, 1.165) is 24.6 Å². The Morgan fingerprint density at radius 2 is 1.83 bits per heavy atom. The van der Waals surface area contributed by atoms with Crippen LogP contribution in [-0.2, 0) is 17.1 Å². The average molecular weight is 428 g/mol. The molecule has 2 aromatic carbocycles. The van der Waals surface area contributed by atoms with Gasteiger partial charge in [0, 0.05) is 36.0 Å². The molecule has 4 rings (SSSR count). The van der Waals surface area contributed by atoms with E-state index in [4.69, 9.17) is 0 Å². The van der Waals surface area contributed by atoms with Gasteiger partial charge in [0.2, 0.25) is 0 Å². The predicted octanol–water partition coefficient (Wildman–Crippen LogP) is 3.80. The maximum Gasteiger partial charge on any atom is 0.261 e. The molecule has 9 heteroatoms. The number of aromatic nitrogens is 2. The standard InChI is InChI=1S/C21H21FN4O3S/c1-13-11-17(9-10-18(13)22)30(28,29)25-16-7-5-15(6-8-16)21(27)23-20-12-19(14-3-4-14)26(2)24-20/h5-12,14,25H,3-4H2,1-2H3,(H,23,24,27). The molecule has 0 spiro atoms. The lowest BCUT2D eigenvalue weighted by Gasteiger charge is -2.10. The van der Waals surface area contributed by atoms with Crippen LogP contribution in [0.3, 0.4) is 0 Å². The summed E-state index contributed by atoms with van der Waals surface area (Å²) in [5.41, 5.74) is 2.01. The number of halogens is 1. The van der Waals surface area contributed by atoms with Crippen molar-refractivity contribution in [1.82, 2.24) is 9.78 Å². The van der Waals surface area contributed by atoms with Crippen LogP contribution in [0.15, 0.2) is 53.4 Å². The molecule has 30 heavy (non-hydrogen) atoms. The van der Waals surface area contributed by atoms with Crippen molar-refractivity contribution in [2.24, 2.45) is 7.05 Å². The number of benzene rings is 2. The van der Waals surface area contributed by atoms with Crippen LogP contribution in [-0.4, -0.2) is 24.1 Å². The third-order valence-electron chi connectivity index (χ3n) is 4.99. The van der Waals surface area contributed by atoms with E-state index in [9.17, 15) is 17.6 Å². The lowest BCUT2D eigenvalue weighted by atomic mass is 10.2. The van der Waals surface area contributed by atoms with Crippen molar-refractivity contribution in [1.29, 1.82) is 0 Å². The summed E-state index contributed by atoms with van der Waals surface area (Å²) in [4.78, 5) is 12.4. The second kappa shape index (κ2) is 7.56. The number of hydrogen-bond donors (Lipinski definition) is 2. The zero-order chi connectivity index (χ0) is 21.5. The summed E-state index contributed by atoms with van der Waals surface area (Å²) >= 11 is 0. The number of carbonyl (C=O) groups is 1. The Morgan fingerprint density at radius 1 is 1.13 bits per heavy atom. The van der Waals surface area contributed by atoms with Crippen molar-refractivity contribution in [2.45, 2.75) is 30.6 Å². The van der Waals surface area contributed by atoms with Gasteiger partial charge < -0.3 is 5.32 Å². The molecule has 0 aliphatic heterocycles. The van der Waals surface area contributed by atoms with Gasteiger partial charge >= 0.3 is 0 Å². The highest BCUT2D eigenvalue weighted by molar-refractivity contribution is 7.92. The predicted molar refractivity (Wildman–Crippen MR) is 112 cm³/mol. The van der Waals surface area contributed by atoms with E-state index < -0.39 is 15.8 Å². The Hall–Kier alpha value is -3.20. The molecule has 1 saturated carbocycles. The minimum absolute atomic E-state index is 0.0372. The Labute approximate surface area is 174 Å². The van der Waals surface area contributed by atoms with Gasteiger partial charge in [-0.2, -0.15) is 5.10 Å². The molecule has 1 heterocycles. The molecule has 0 bridgehead atoms. The number of sulfonamides is 1. The lowest BCUT2D eigenvalue weighted by Crippen LogP contribution is -2.14. The minimum atomic E-state index is -3.87. The maximum atomic E-state index is 13.4. The summed E-state index contributed by atoms with van der Waals surface area (Å²) in [7, 11) is -2.01. The van der Waals surface area contributed by atoms with E-state index in [1.165, 1.54) is 43.3 Å². The van der Waals surface area contributed by atoms with Crippen LogP contribution in [0.4, 0.5) is 15.9 Å². The Morgan fingerprint density at radius 3 is 2.47 bits per heavy atom. The van der Waals surface area contributed by atoms with Gasteiger partial charge in [-0.15, -0.1) is 0 Å². The number of aryl methyl sites for hydroxylation is 2. The molecule has 1 aromatic heterocycles. The second-order valence-corrected chi connectivity index (χ2v) is 9.08. The molecule has 1 aliphatic rings. The Balaban J connectivity index is 1.45. The van der Waals surface area contributed by atoms with E-state index in [1.807, 2.05) is 13.1 Å². The van der Waals surface area contributed by atoms with Crippen LogP contribution in [0, 0.1) is 12.7 Å². The normalized spacial score (nSPS) is 13.8. The molecule has 1 fully saturated rings. The van der Waals surface area contributed by atoms with Crippen molar-refractivity contribution >= 4 is 27.4 Å². The Kier molecular flexibility index (Phi) is 5.07. The highest BCUT2D eigenvalue weighted by atomic mass is 32.2. The molecule has 3 aromatic rings. The largest absolute Gasteiger partial charge is 0.305 e. The molecule has 0 unspecified atom stereocenters. The molecule has 1 aliphatic carbocycles. The summed E-state index contributed by atoms with van der Waals surface area (Å²) in [5, 5.41) is 7.08.